The maximum atomic E-state index is 6.11. The fraction of sp³-hybridized carbons (Fsp3) is 0.316. The van der Waals surface area contributed by atoms with Gasteiger partial charge in [0, 0.05) is 5.39 Å². The summed E-state index contributed by atoms with van der Waals surface area (Å²) in [5.74, 6) is 0. The second-order valence-corrected chi connectivity index (χ2v) is 7.29. The molecule has 1 aromatic heterocycles. The first-order chi connectivity index (χ1) is 11.4. The van der Waals surface area contributed by atoms with E-state index >= 15 is 0 Å². The quantitative estimate of drug-likeness (QED) is 0.680. The lowest BCUT2D eigenvalue weighted by Crippen LogP contribution is -2.41. The zero-order valence-electron chi connectivity index (χ0n) is 14.5. The van der Waals surface area contributed by atoms with E-state index < -0.39 is 0 Å². The van der Waals surface area contributed by atoms with Gasteiger partial charge >= 0.3 is 7.12 Å². The van der Waals surface area contributed by atoms with E-state index in [0.717, 1.165) is 22.1 Å². The highest BCUT2D eigenvalue weighted by molar-refractivity contribution is 6.62. The fourth-order valence-electron chi connectivity index (χ4n) is 2.93. The molecule has 0 spiro atoms. The number of benzene rings is 2. The zero-order chi connectivity index (χ0) is 16.9. The summed E-state index contributed by atoms with van der Waals surface area (Å²) in [5, 5.41) is 5.63. The van der Waals surface area contributed by atoms with E-state index in [4.69, 9.17) is 9.31 Å². The SMILES string of the molecule is CC1(C)OB(c2ccc(-n3ncc4ccccc43)cc2)OC1(C)C. The molecule has 0 N–H and O–H groups in total. The third kappa shape index (κ3) is 2.36. The number of para-hydroxylation sites is 1. The summed E-state index contributed by atoms with van der Waals surface area (Å²) >= 11 is 0. The topological polar surface area (TPSA) is 36.3 Å². The van der Waals surface area contributed by atoms with Crippen molar-refractivity contribution >= 4 is 23.5 Å². The summed E-state index contributed by atoms with van der Waals surface area (Å²) in [5.41, 5.74) is 2.49. The molecular weight excluding hydrogens is 299 g/mol. The fourth-order valence-corrected chi connectivity index (χ4v) is 2.93. The second kappa shape index (κ2) is 5.20. The lowest BCUT2D eigenvalue weighted by molar-refractivity contribution is 0.00578. The van der Waals surface area contributed by atoms with Gasteiger partial charge in [0.2, 0.25) is 0 Å². The predicted molar refractivity (Wildman–Crippen MR) is 96.8 cm³/mol. The average molecular weight is 320 g/mol. The highest BCUT2D eigenvalue weighted by Crippen LogP contribution is 2.36. The largest absolute Gasteiger partial charge is 0.494 e. The summed E-state index contributed by atoms with van der Waals surface area (Å²) in [4.78, 5) is 0. The van der Waals surface area contributed by atoms with Gasteiger partial charge in [0.15, 0.2) is 0 Å². The molecule has 1 aliphatic heterocycles. The van der Waals surface area contributed by atoms with E-state index in [2.05, 4.69) is 57.1 Å². The van der Waals surface area contributed by atoms with Crippen LogP contribution in [0.4, 0.5) is 0 Å². The molecule has 2 aromatic carbocycles. The van der Waals surface area contributed by atoms with Crippen molar-refractivity contribution in [2.75, 3.05) is 0 Å². The molecule has 0 saturated carbocycles. The van der Waals surface area contributed by atoms with Crippen molar-refractivity contribution in [3.8, 4) is 5.69 Å². The van der Waals surface area contributed by atoms with Crippen LogP contribution in [0.2, 0.25) is 0 Å². The first kappa shape index (κ1) is 15.4. The van der Waals surface area contributed by atoms with Crippen molar-refractivity contribution in [3.63, 3.8) is 0 Å². The van der Waals surface area contributed by atoms with Crippen molar-refractivity contribution in [3.05, 3.63) is 54.7 Å². The van der Waals surface area contributed by atoms with Crippen molar-refractivity contribution in [2.45, 2.75) is 38.9 Å². The van der Waals surface area contributed by atoms with Crippen LogP contribution in [0.1, 0.15) is 27.7 Å². The van der Waals surface area contributed by atoms with Crippen LogP contribution in [0.15, 0.2) is 54.7 Å². The maximum absolute atomic E-state index is 6.11. The normalized spacial score (nSPS) is 19.1. The van der Waals surface area contributed by atoms with Crippen LogP contribution in [0.5, 0.6) is 0 Å². The highest BCUT2D eigenvalue weighted by Gasteiger charge is 2.51. The summed E-state index contributed by atoms with van der Waals surface area (Å²) in [6, 6.07) is 16.4. The van der Waals surface area contributed by atoms with Crippen molar-refractivity contribution in [1.82, 2.24) is 9.78 Å². The maximum Gasteiger partial charge on any atom is 0.494 e. The minimum absolute atomic E-state index is 0.325. The Morgan fingerprint density at radius 1 is 0.875 bits per heavy atom. The number of nitrogens with zero attached hydrogens (tertiary/aromatic N) is 2. The van der Waals surface area contributed by atoms with E-state index in [1.54, 1.807) is 0 Å². The summed E-state index contributed by atoms with van der Waals surface area (Å²) in [6.07, 6.45) is 1.89. The van der Waals surface area contributed by atoms with E-state index in [1.165, 1.54) is 0 Å². The minimum atomic E-state index is -0.335. The van der Waals surface area contributed by atoms with Gasteiger partial charge in [-0.25, -0.2) is 4.68 Å². The van der Waals surface area contributed by atoms with E-state index in [9.17, 15) is 0 Å². The van der Waals surface area contributed by atoms with Crippen molar-refractivity contribution < 1.29 is 9.31 Å². The molecule has 0 unspecified atom stereocenters. The summed E-state index contributed by atoms with van der Waals surface area (Å²) in [7, 11) is -0.335. The van der Waals surface area contributed by atoms with Crippen LogP contribution < -0.4 is 5.46 Å². The molecular formula is C19H21BN2O2. The lowest BCUT2D eigenvalue weighted by atomic mass is 9.79. The van der Waals surface area contributed by atoms with Crippen LogP contribution in [-0.2, 0) is 9.31 Å². The number of fused-ring (bicyclic) bond motifs is 1. The van der Waals surface area contributed by atoms with Gasteiger partial charge in [0.05, 0.1) is 28.6 Å². The number of hydrogen-bond donors (Lipinski definition) is 0. The van der Waals surface area contributed by atoms with Crippen LogP contribution in [-0.4, -0.2) is 28.1 Å². The van der Waals surface area contributed by atoms with Crippen LogP contribution >= 0.6 is 0 Å². The van der Waals surface area contributed by atoms with Gasteiger partial charge < -0.3 is 9.31 Å². The van der Waals surface area contributed by atoms with Gasteiger partial charge in [0.1, 0.15) is 0 Å². The van der Waals surface area contributed by atoms with Crippen LogP contribution in [0.3, 0.4) is 0 Å². The van der Waals surface area contributed by atoms with Gasteiger partial charge in [-0.15, -0.1) is 0 Å². The Hall–Kier alpha value is -2.11. The van der Waals surface area contributed by atoms with Gasteiger partial charge in [-0.3, -0.25) is 0 Å². The second-order valence-electron chi connectivity index (χ2n) is 7.29. The summed E-state index contributed by atoms with van der Waals surface area (Å²) in [6.45, 7) is 8.27. The Bertz CT molecular complexity index is 868. The Kier molecular flexibility index (Phi) is 3.34. The molecule has 0 radical (unpaired) electrons. The zero-order valence-corrected chi connectivity index (χ0v) is 14.5. The minimum Gasteiger partial charge on any atom is -0.399 e. The average Bonchev–Trinajstić information content (AvgIpc) is 3.06. The van der Waals surface area contributed by atoms with Crippen LogP contribution in [0, 0.1) is 0 Å². The van der Waals surface area contributed by atoms with Gasteiger partial charge in [0.25, 0.3) is 0 Å². The Balaban J connectivity index is 1.64. The van der Waals surface area contributed by atoms with Crippen LogP contribution in [0.25, 0.3) is 16.6 Å². The molecule has 0 bridgehead atoms. The Labute approximate surface area is 142 Å². The number of rotatable bonds is 2. The molecule has 4 nitrogen and oxygen atoms in total. The van der Waals surface area contributed by atoms with Gasteiger partial charge in [-0.1, -0.05) is 30.3 Å². The molecule has 4 rings (SSSR count). The van der Waals surface area contributed by atoms with Crippen molar-refractivity contribution in [2.24, 2.45) is 0 Å². The molecule has 1 aliphatic rings. The molecule has 24 heavy (non-hydrogen) atoms. The van der Waals surface area contributed by atoms with E-state index in [1.807, 2.05) is 35.1 Å². The molecule has 0 aliphatic carbocycles. The standard InChI is InChI=1S/C19H21BN2O2/c1-18(2)19(3,4)24-20(23-18)15-9-11-16(12-10-15)22-17-8-6-5-7-14(17)13-21-22/h5-13H,1-4H3. The Morgan fingerprint density at radius 3 is 2.17 bits per heavy atom. The molecule has 2 heterocycles. The van der Waals surface area contributed by atoms with Crippen molar-refractivity contribution in [1.29, 1.82) is 0 Å². The first-order valence-electron chi connectivity index (χ1n) is 8.26. The van der Waals surface area contributed by atoms with E-state index in [-0.39, 0.29) is 18.3 Å². The monoisotopic (exact) mass is 320 g/mol. The number of hydrogen-bond acceptors (Lipinski definition) is 3. The molecule has 0 amide bonds. The Morgan fingerprint density at radius 2 is 1.50 bits per heavy atom. The van der Waals surface area contributed by atoms with E-state index in [0.29, 0.717) is 0 Å². The van der Waals surface area contributed by atoms with Gasteiger partial charge in [-0.2, -0.15) is 5.10 Å². The van der Waals surface area contributed by atoms with Gasteiger partial charge in [-0.05, 0) is 51.4 Å². The third-order valence-corrected chi connectivity index (χ3v) is 5.14. The molecule has 0 atom stereocenters. The molecule has 122 valence electrons. The smallest absolute Gasteiger partial charge is 0.399 e. The molecule has 1 saturated heterocycles. The third-order valence-electron chi connectivity index (χ3n) is 5.14. The summed E-state index contributed by atoms with van der Waals surface area (Å²) < 4.78 is 14.2. The molecule has 1 fully saturated rings. The highest BCUT2D eigenvalue weighted by atomic mass is 16.7. The number of aromatic nitrogens is 2. The molecule has 5 heteroatoms. The first-order valence-corrected chi connectivity index (χ1v) is 8.26. The predicted octanol–water partition coefficient (Wildman–Crippen LogP) is 3.32. The molecule has 3 aromatic rings. The lowest BCUT2D eigenvalue weighted by Gasteiger charge is -2.32.